The van der Waals surface area contributed by atoms with Crippen molar-refractivity contribution in [2.24, 2.45) is 0 Å². The number of non-ortho nitro benzene ring substituents is 1. The van der Waals surface area contributed by atoms with E-state index >= 15 is 0 Å². The van der Waals surface area contributed by atoms with Gasteiger partial charge in [-0.1, -0.05) is 17.7 Å². The molecular weight excluding hydrogens is 284 g/mol. The molecule has 0 aliphatic carbocycles. The second kappa shape index (κ2) is 6.19. The highest BCUT2D eigenvalue weighted by Crippen LogP contribution is 2.24. The lowest BCUT2D eigenvalue weighted by Gasteiger charge is -2.23. The van der Waals surface area contributed by atoms with Crippen LogP contribution < -0.4 is 0 Å². The van der Waals surface area contributed by atoms with Gasteiger partial charge in [0.2, 0.25) is 5.91 Å². The van der Waals surface area contributed by atoms with Crippen molar-refractivity contribution in [1.82, 2.24) is 4.90 Å². The molecule has 1 aliphatic heterocycles. The first-order valence-corrected chi connectivity index (χ1v) is 6.74. The fraction of sp³-hybridized carbons (Fsp3) is 0.462. The summed E-state index contributed by atoms with van der Waals surface area (Å²) in [6.45, 7) is 0.592. The van der Waals surface area contributed by atoms with Gasteiger partial charge in [0.1, 0.15) is 0 Å². The molecule has 1 heterocycles. The minimum absolute atomic E-state index is 0.0419. The molecule has 1 atom stereocenters. The maximum Gasteiger partial charge on any atom is 0.270 e. The molecule has 1 aromatic carbocycles. The number of halogens is 1. The molecule has 20 heavy (non-hydrogen) atoms. The largest absolute Gasteiger partial charge is 0.394 e. The summed E-state index contributed by atoms with van der Waals surface area (Å²) in [5.41, 5.74) is 0.464. The van der Waals surface area contributed by atoms with Gasteiger partial charge in [-0.3, -0.25) is 14.9 Å². The maximum atomic E-state index is 12.2. The molecule has 1 N–H and O–H groups in total. The summed E-state index contributed by atoms with van der Waals surface area (Å²) in [4.78, 5) is 23.9. The first kappa shape index (κ1) is 14.7. The number of benzene rings is 1. The molecule has 0 bridgehead atoms. The Morgan fingerprint density at radius 1 is 1.55 bits per heavy atom. The highest BCUT2D eigenvalue weighted by atomic mass is 35.5. The van der Waals surface area contributed by atoms with Crippen LogP contribution in [0.25, 0.3) is 0 Å². The van der Waals surface area contributed by atoms with Gasteiger partial charge in [0.05, 0.1) is 29.0 Å². The van der Waals surface area contributed by atoms with Gasteiger partial charge in [0.15, 0.2) is 0 Å². The van der Waals surface area contributed by atoms with Gasteiger partial charge in [0.25, 0.3) is 5.69 Å². The Bertz CT molecular complexity index is 535. The number of aliphatic hydroxyl groups is 1. The van der Waals surface area contributed by atoms with Gasteiger partial charge in [-0.25, -0.2) is 0 Å². The average Bonchev–Trinajstić information content (AvgIpc) is 2.89. The van der Waals surface area contributed by atoms with Crippen LogP contribution in [0.15, 0.2) is 18.2 Å². The average molecular weight is 299 g/mol. The van der Waals surface area contributed by atoms with Gasteiger partial charge in [0, 0.05) is 18.7 Å². The molecule has 0 unspecified atom stereocenters. The van der Waals surface area contributed by atoms with Crippen LogP contribution in [0.4, 0.5) is 5.69 Å². The summed E-state index contributed by atoms with van der Waals surface area (Å²) < 4.78 is 0. The minimum Gasteiger partial charge on any atom is -0.394 e. The summed E-state index contributed by atoms with van der Waals surface area (Å²) in [7, 11) is 0. The monoisotopic (exact) mass is 298 g/mol. The van der Waals surface area contributed by atoms with Crippen molar-refractivity contribution in [2.75, 3.05) is 13.2 Å². The van der Waals surface area contributed by atoms with Crippen LogP contribution in [-0.4, -0.2) is 40.0 Å². The van der Waals surface area contributed by atoms with Crippen LogP contribution in [-0.2, 0) is 11.2 Å². The number of hydrogen-bond acceptors (Lipinski definition) is 4. The van der Waals surface area contributed by atoms with Gasteiger partial charge < -0.3 is 10.0 Å². The Morgan fingerprint density at radius 2 is 2.30 bits per heavy atom. The molecule has 1 amide bonds. The second-order valence-corrected chi connectivity index (χ2v) is 5.18. The highest BCUT2D eigenvalue weighted by Gasteiger charge is 2.28. The Balaban J connectivity index is 2.10. The number of rotatable bonds is 4. The van der Waals surface area contributed by atoms with Crippen LogP contribution >= 0.6 is 11.6 Å². The summed E-state index contributed by atoms with van der Waals surface area (Å²) in [6, 6.07) is 3.96. The van der Waals surface area contributed by atoms with Crippen molar-refractivity contribution in [3.63, 3.8) is 0 Å². The molecule has 2 rings (SSSR count). The zero-order valence-corrected chi connectivity index (χ0v) is 11.5. The fourth-order valence-corrected chi connectivity index (χ4v) is 2.65. The number of nitro benzene ring substituents is 1. The summed E-state index contributed by atoms with van der Waals surface area (Å²) in [5.74, 6) is -0.114. The van der Waals surface area contributed by atoms with Crippen molar-refractivity contribution >= 4 is 23.2 Å². The normalized spacial score (nSPS) is 18.3. The topological polar surface area (TPSA) is 83.7 Å². The maximum absolute atomic E-state index is 12.2. The molecular formula is C13H15ClN2O4. The van der Waals surface area contributed by atoms with Gasteiger partial charge >= 0.3 is 0 Å². The molecule has 0 saturated carbocycles. The van der Waals surface area contributed by atoms with E-state index in [1.807, 2.05) is 0 Å². The Hall–Kier alpha value is -1.66. The predicted molar refractivity (Wildman–Crippen MR) is 73.6 cm³/mol. The van der Waals surface area contributed by atoms with Crippen molar-refractivity contribution in [2.45, 2.75) is 25.3 Å². The zero-order valence-electron chi connectivity index (χ0n) is 10.8. The van der Waals surface area contributed by atoms with E-state index in [4.69, 9.17) is 11.6 Å². The second-order valence-electron chi connectivity index (χ2n) is 4.78. The molecule has 0 aromatic heterocycles. The Morgan fingerprint density at radius 3 is 2.90 bits per heavy atom. The van der Waals surface area contributed by atoms with E-state index in [-0.39, 0.29) is 35.7 Å². The Kier molecular flexibility index (Phi) is 4.57. The standard InChI is InChI=1S/C13H15ClN2O4/c14-12-7-10(16(19)20)4-3-9(12)6-13(18)15-5-1-2-11(15)8-17/h3-4,7,11,17H,1-2,5-6,8H2/t11-/m0/s1. The lowest BCUT2D eigenvalue weighted by atomic mass is 10.1. The van der Waals surface area contributed by atoms with Crippen LogP contribution in [0.1, 0.15) is 18.4 Å². The van der Waals surface area contributed by atoms with Crippen LogP contribution in [0.2, 0.25) is 5.02 Å². The summed E-state index contributed by atoms with van der Waals surface area (Å²) in [5, 5.41) is 20.0. The smallest absolute Gasteiger partial charge is 0.270 e. The molecule has 108 valence electrons. The summed E-state index contributed by atoms with van der Waals surface area (Å²) in [6.07, 6.45) is 1.77. The number of carbonyl (C=O) groups excluding carboxylic acids is 1. The van der Waals surface area contributed by atoms with E-state index in [1.165, 1.54) is 18.2 Å². The van der Waals surface area contributed by atoms with E-state index in [2.05, 4.69) is 0 Å². The molecule has 0 radical (unpaired) electrons. The number of nitro groups is 1. The number of nitrogens with zero attached hydrogens (tertiary/aromatic N) is 2. The van der Waals surface area contributed by atoms with Crippen molar-refractivity contribution in [3.8, 4) is 0 Å². The fourth-order valence-electron chi connectivity index (χ4n) is 2.41. The van der Waals surface area contributed by atoms with E-state index in [0.29, 0.717) is 12.1 Å². The van der Waals surface area contributed by atoms with Gasteiger partial charge in [-0.05, 0) is 18.4 Å². The molecule has 1 fully saturated rings. The van der Waals surface area contributed by atoms with E-state index < -0.39 is 4.92 Å². The number of amides is 1. The van der Waals surface area contributed by atoms with Crippen molar-refractivity contribution in [1.29, 1.82) is 0 Å². The minimum atomic E-state index is -0.528. The number of hydrogen-bond donors (Lipinski definition) is 1. The molecule has 6 nitrogen and oxygen atoms in total. The molecule has 1 saturated heterocycles. The van der Waals surface area contributed by atoms with E-state index in [1.54, 1.807) is 4.90 Å². The Labute approximate surface area is 121 Å². The lowest BCUT2D eigenvalue weighted by molar-refractivity contribution is -0.384. The van der Waals surface area contributed by atoms with Crippen LogP contribution in [0, 0.1) is 10.1 Å². The quantitative estimate of drug-likeness (QED) is 0.678. The van der Waals surface area contributed by atoms with E-state index in [9.17, 15) is 20.0 Å². The number of likely N-dealkylation sites (tertiary alicyclic amines) is 1. The highest BCUT2D eigenvalue weighted by molar-refractivity contribution is 6.31. The van der Waals surface area contributed by atoms with Crippen LogP contribution in [0.5, 0.6) is 0 Å². The third-order valence-corrected chi connectivity index (χ3v) is 3.85. The van der Waals surface area contributed by atoms with Crippen molar-refractivity contribution in [3.05, 3.63) is 38.9 Å². The first-order chi connectivity index (χ1) is 9.52. The molecule has 1 aromatic rings. The summed E-state index contributed by atoms with van der Waals surface area (Å²) >= 11 is 5.97. The van der Waals surface area contributed by atoms with Gasteiger partial charge in [-0.2, -0.15) is 0 Å². The SMILES string of the molecule is O=C(Cc1ccc([N+](=O)[O-])cc1Cl)N1CCC[C@H]1CO. The van der Waals surface area contributed by atoms with Crippen LogP contribution in [0.3, 0.4) is 0 Å². The number of carbonyl (C=O) groups is 1. The predicted octanol–water partition coefficient (Wildman–Crippen LogP) is 1.77. The number of aliphatic hydroxyl groups excluding tert-OH is 1. The first-order valence-electron chi connectivity index (χ1n) is 6.36. The van der Waals surface area contributed by atoms with Crippen molar-refractivity contribution < 1.29 is 14.8 Å². The molecule has 1 aliphatic rings. The van der Waals surface area contributed by atoms with E-state index in [0.717, 1.165) is 12.8 Å². The third-order valence-electron chi connectivity index (χ3n) is 3.50. The zero-order chi connectivity index (χ0) is 14.7. The van der Waals surface area contributed by atoms with Gasteiger partial charge in [-0.15, -0.1) is 0 Å². The molecule has 7 heteroatoms. The third kappa shape index (κ3) is 3.08. The molecule has 0 spiro atoms. The lowest BCUT2D eigenvalue weighted by Crippen LogP contribution is -2.38.